The summed E-state index contributed by atoms with van der Waals surface area (Å²) in [5.74, 6) is 0.872. The third kappa shape index (κ3) is 6.68. The second kappa shape index (κ2) is 11.7. The first kappa shape index (κ1) is 23.0. The molecule has 1 amide bonds. The number of nitrogens with one attached hydrogen (secondary N) is 1. The minimum absolute atomic E-state index is 0.223. The summed E-state index contributed by atoms with van der Waals surface area (Å²) >= 11 is 6.06. The number of halogens is 1. The average Bonchev–Trinajstić information content (AvgIpc) is 2.85. The van der Waals surface area contributed by atoms with E-state index in [2.05, 4.69) is 15.2 Å². The standard InChI is InChI=1S/C25H26ClN3O4/c26-23-17-29(14-16-32-23)13-15-31-22-11-5-4-9-20(22)18-33-25-21(10-6-12-27-25)28-24(30)19-7-2-1-3-8-19/h1-12,23H,13-18H2,(H,28,30). The van der Waals surface area contributed by atoms with Gasteiger partial charge in [-0.3, -0.25) is 9.69 Å². The monoisotopic (exact) mass is 467 g/mol. The number of para-hydroxylation sites is 1. The van der Waals surface area contributed by atoms with Crippen molar-refractivity contribution in [1.82, 2.24) is 9.88 Å². The second-order valence-electron chi connectivity index (χ2n) is 7.50. The van der Waals surface area contributed by atoms with Crippen LogP contribution in [0.15, 0.2) is 72.9 Å². The molecule has 172 valence electrons. The van der Waals surface area contributed by atoms with E-state index in [0.29, 0.717) is 36.9 Å². The van der Waals surface area contributed by atoms with Crippen molar-refractivity contribution in [2.45, 2.75) is 12.2 Å². The molecule has 1 aromatic heterocycles. The number of rotatable bonds is 9. The van der Waals surface area contributed by atoms with Gasteiger partial charge in [-0.25, -0.2) is 4.98 Å². The first-order valence-electron chi connectivity index (χ1n) is 10.8. The maximum atomic E-state index is 12.5. The van der Waals surface area contributed by atoms with Gasteiger partial charge in [-0.05, 0) is 30.3 Å². The number of anilines is 1. The van der Waals surface area contributed by atoms with Gasteiger partial charge >= 0.3 is 0 Å². The van der Waals surface area contributed by atoms with Crippen molar-refractivity contribution in [3.63, 3.8) is 0 Å². The molecule has 0 bridgehead atoms. The summed E-state index contributed by atoms with van der Waals surface area (Å²) in [7, 11) is 0. The van der Waals surface area contributed by atoms with Crippen LogP contribution in [0.3, 0.4) is 0 Å². The fourth-order valence-corrected chi connectivity index (χ4v) is 3.72. The van der Waals surface area contributed by atoms with Crippen LogP contribution in [0.5, 0.6) is 11.6 Å². The van der Waals surface area contributed by atoms with Gasteiger partial charge < -0.3 is 19.5 Å². The van der Waals surface area contributed by atoms with E-state index >= 15 is 0 Å². The zero-order chi connectivity index (χ0) is 22.9. The Morgan fingerprint density at radius 3 is 2.76 bits per heavy atom. The summed E-state index contributed by atoms with van der Waals surface area (Å²) in [6, 6.07) is 20.2. The Morgan fingerprint density at radius 1 is 1.09 bits per heavy atom. The molecule has 1 aliphatic heterocycles. The quantitative estimate of drug-likeness (QED) is 0.476. The molecule has 0 spiro atoms. The molecule has 1 aliphatic rings. The Kier molecular flexibility index (Phi) is 8.14. The van der Waals surface area contributed by atoms with Crippen molar-refractivity contribution in [1.29, 1.82) is 0 Å². The molecule has 3 aromatic rings. The molecule has 8 heteroatoms. The second-order valence-corrected chi connectivity index (χ2v) is 7.99. The zero-order valence-corrected chi connectivity index (χ0v) is 18.9. The lowest BCUT2D eigenvalue weighted by Gasteiger charge is -2.29. The number of carbonyl (C=O) groups excluding carboxylic acids is 1. The topological polar surface area (TPSA) is 72.9 Å². The molecule has 1 fully saturated rings. The Labute approximate surface area is 198 Å². The van der Waals surface area contributed by atoms with Crippen LogP contribution in [0.25, 0.3) is 0 Å². The number of pyridine rings is 1. The predicted octanol–water partition coefficient (Wildman–Crippen LogP) is 4.19. The fraction of sp³-hybridized carbons (Fsp3) is 0.280. The van der Waals surface area contributed by atoms with Crippen LogP contribution in [-0.4, -0.2) is 54.2 Å². The van der Waals surface area contributed by atoms with E-state index in [9.17, 15) is 4.79 Å². The molecule has 2 heterocycles. The maximum absolute atomic E-state index is 12.5. The van der Waals surface area contributed by atoms with Crippen LogP contribution < -0.4 is 14.8 Å². The molecule has 0 saturated carbocycles. The number of amides is 1. The number of carbonyl (C=O) groups is 1. The molecule has 0 aliphatic carbocycles. The van der Waals surface area contributed by atoms with E-state index < -0.39 is 0 Å². The molecular weight excluding hydrogens is 442 g/mol. The number of ether oxygens (including phenoxy) is 3. The summed E-state index contributed by atoms with van der Waals surface area (Å²) in [5, 5.41) is 2.87. The maximum Gasteiger partial charge on any atom is 0.255 e. The Balaban J connectivity index is 1.35. The minimum Gasteiger partial charge on any atom is -0.492 e. The largest absolute Gasteiger partial charge is 0.492 e. The van der Waals surface area contributed by atoms with E-state index in [-0.39, 0.29) is 18.1 Å². The van der Waals surface area contributed by atoms with E-state index in [1.54, 1.807) is 30.5 Å². The molecule has 7 nitrogen and oxygen atoms in total. The molecule has 1 saturated heterocycles. The lowest BCUT2D eigenvalue weighted by molar-refractivity contribution is 0.00961. The minimum atomic E-state index is -0.269. The number of nitrogens with zero attached hydrogens (tertiary/aromatic N) is 2. The normalized spacial score (nSPS) is 16.2. The molecule has 1 unspecified atom stereocenters. The van der Waals surface area contributed by atoms with Gasteiger partial charge in [0.25, 0.3) is 5.91 Å². The van der Waals surface area contributed by atoms with Crippen molar-refractivity contribution < 1.29 is 19.0 Å². The lowest BCUT2D eigenvalue weighted by Crippen LogP contribution is -2.41. The van der Waals surface area contributed by atoms with Gasteiger partial charge in [0.2, 0.25) is 5.88 Å². The third-order valence-corrected chi connectivity index (χ3v) is 5.43. The van der Waals surface area contributed by atoms with Crippen LogP contribution >= 0.6 is 11.6 Å². The van der Waals surface area contributed by atoms with Gasteiger partial charge in [0.05, 0.1) is 6.61 Å². The van der Waals surface area contributed by atoms with Crippen LogP contribution in [0, 0.1) is 0 Å². The molecule has 0 radical (unpaired) electrons. The highest BCUT2D eigenvalue weighted by Crippen LogP contribution is 2.25. The highest BCUT2D eigenvalue weighted by atomic mass is 35.5. The van der Waals surface area contributed by atoms with Gasteiger partial charge in [0.15, 0.2) is 0 Å². The summed E-state index contributed by atoms with van der Waals surface area (Å²) in [4.78, 5) is 19.0. The molecule has 4 rings (SSSR count). The van der Waals surface area contributed by atoms with Gasteiger partial charge in [-0.1, -0.05) is 48.0 Å². The van der Waals surface area contributed by atoms with E-state index in [1.807, 2.05) is 42.5 Å². The Morgan fingerprint density at radius 2 is 1.91 bits per heavy atom. The van der Waals surface area contributed by atoms with Crippen molar-refractivity contribution in [2.75, 3.05) is 38.2 Å². The number of benzene rings is 2. The van der Waals surface area contributed by atoms with E-state index in [1.165, 1.54) is 0 Å². The first-order chi connectivity index (χ1) is 16.2. The SMILES string of the molecule is O=C(Nc1cccnc1OCc1ccccc1OCCN1CCOC(Cl)C1)c1ccccc1. The highest BCUT2D eigenvalue weighted by molar-refractivity contribution is 6.19. The van der Waals surface area contributed by atoms with Crippen molar-refractivity contribution in [2.24, 2.45) is 0 Å². The number of aromatic nitrogens is 1. The van der Waals surface area contributed by atoms with Crippen molar-refractivity contribution in [3.05, 3.63) is 84.1 Å². The van der Waals surface area contributed by atoms with Crippen LogP contribution in [0.4, 0.5) is 5.69 Å². The Bertz CT molecular complexity index is 1050. The Hall–Kier alpha value is -3.13. The van der Waals surface area contributed by atoms with Crippen molar-refractivity contribution in [3.8, 4) is 11.6 Å². The molecule has 2 aromatic carbocycles. The van der Waals surface area contributed by atoms with Gasteiger partial charge in [-0.15, -0.1) is 0 Å². The number of alkyl halides is 1. The number of hydrogen-bond donors (Lipinski definition) is 1. The van der Waals surface area contributed by atoms with E-state index in [4.69, 9.17) is 25.8 Å². The summed E-state index contributed by atoms with van der Waals surface area (Å²) in [6.07, 6.45) is 1.63. The predicted molar refractivity (Wildman–Crippen MR) is 127 cm³/mol. The highest BCUT2D eigenvalue weighted by Gasteiger charge is 2.18. The number of hydrogen-bond acceptors (Lipinski definition) is 6. The van der Waals surface area contributed by atoms with Crippen LogP contribution in [-0.2, 0) is 11.3 Å². The van der Waals surface area contributed by atoms with Crippen LogP contribution in [0.2, 0.25) is 0 Å². The van der Waals surface area contributed by atoms with Crippen molar-refractivity contribution >= 4 is 23.2 Å². The molecule has 1 N–H and O–H groups in total. The lowest BCUT2D eigenvalue weighted by atomic mass is 10.2. The number of morpholine rings is 1. The van der Waals surface area contributed by atoms with Gasteiger partial charge in [-0.2, -0.15) is 0 Å². The summed E-state index contributed by atoms with van der Waals surface area (Å²) in [5.41, 5.74) is 1.69. The average molecular weight is 468 g/mol. The molecular formula is C25H26ClN3O4. The van der Waals surface area contributed by atoms with Gasteiger partial charge in [0.1, 0.15) is 30.2 Å². The first-order valence-corrected chi connectivity index (χ1v) is 11.3. The van der Waals surface area contributed by atoms with Gasteiger partial charge in [0, 0.05) is 37.0 Å². The summed E-state index contributed by atoms with van der Waals surface area (Å²) in [6.45, 7) is 3.70. The summed E-state index contributed by atoms with van der Waals surface area (Å²) < 4.78 is 17.3. The third-order valence-electron chi connectivity index (χ3n) is 5.17. The fourth-order valence-electron chi connectivity index (χ4n) is 3.44. The smallest absolute Gasteiger partial charge is 0.255 e. The molecule has 33 heavy (non-hydrogen) atoms. The van der Waals surface area contributed by atoms with Crippen LogP contribution in [0.1, 0.15) is 15.9 Å². The molecule has 1 atom stereocenters. The zero-order valence-electron chi connectivity index (χ0n) is 18.2. The van der Waals surface area contributed by atoms with E-state index in [0.717, 1.165) is 24.4 Å².